The van der Waals surface area contributed by atoms with Crippen molar-refractivity contribution in [1.29, 1.82) is 5.26 Å². The number of halogens is 2. The smallest absolute Gasteiger partial charge is 0.167 e. The van der Waals surface area contributed by atoms with Crippen LogP contribution in [-0.2, 0) is 0 Å². The van der Waals surface area contributed by atoms with Gasteiger partial charge in [-0.25, -0.2) is 0 Å². The predicted octanol–water partition coefficient (Wildman–Crippen LogP) is 5.69. The second kappa shape index (κ2) is 10.9. The second-order valence-corrected chi connectivity index (χ2v) is 6.73. The fourth-order valence-electron chi connectivity index (χ4n) is 2.95. The molecule has 5 nitrogen and oxygen atoms in total. The molecule has 0 atom stereocenters. The third-order valence-corrected chi connectivity index (χ3v) is 4.78. The van der Waals surface area contributed by atoms with E-state index in [0.717, 1.165) is 30.9 Å². The first-order valence-corrected chi connectivity index (χ1v) is 9.64. The van der Waals surface area contributed by atoms with E-state index in [-0.39, 0.29) is 12.4 Å². The minimum absolute atomic E-state index is 0. The molecule has 0 aliphatic carbocycles. The maximum atomic E-state index is 9.64. The average Bonchev–Trinajstić information content (AvgIpc) is 3.12. The number of nitrogens with zero attached hydrogens (tertiary/aromatic N) is 3. The Hall–Kier alpha value is -2.52. The van der Waals surface area contributed by atoms with Crippen molar-refractivity contribution in [1.82, 2.24) is 10.1 Å². The highest BCUT2D eigenvalue weighted by Gasteiger charge is 2.13. The molecule has 2 aromatic carbocycles. The van der Waals surface area contributed by atoms with Gasteiger partial charge in [-0.3, -0.25) is 0 Å². The van der Waals surface area contributed by atoms with Crippen molar-refractivity contribution in [3.05, 3.63) is 58.7 Å². The predicted molar refractivity (Wildman–Crippen MR) is 119 cm³/mol. The molecule has 3 aromatic rings. The summed E-state index contributed by atoms with van der Waals surface area (Å²) in [5.74, 6) is 0.770. The van der Waals surface area contributed by atoms with E-state index in [9.17, 15) is 5.26 Å². The SMILES string of the molecule is CCN(CC)CCOc1cccc(/C=C(\C#N)c2noc3ccc(Cl)cc23)c1.Cl. The standard InChI is InChI=1S/C22H22ClN3O2.ClH/c1-3-26(4-2)10-11-27-19-7-5-6-16(13-19)12-17(15-24)22-20-14-18(23)8-9-21(20)28-25-22;/h5-9,12-14H,3-4,10-11H2,1-2H3;1H/b17-12+;. The van der Waals surface area contributed by atoms with Gasteiger partial charge in [0.1, 0.15) is 24.1 Å². The molecule has 0 fully saturated rings. The van der Waals surface area contributed by atoms with E-state index >= 15 is 0 Å². The number of allylic oxidation sites excluding steroid dienone is 1. The summed E-state index contributed by atoms with van der Waals surface area (Å²) in [6.45, 7) is 7.78. The third-order valence-electron chi connectivity index (χ3n) is 4.55. The van der Waals surface area contributed by atoms with Crippen LogP contribution in [0.25, 0.3) is 22.6 Å². The highest BCUT2D eigenvalue weighted by Crippen LogP contribution is 2.28. The Balaban J connectivity index is 0.00000300. The van der Waals surface area contributed by atoms with Crippen LogP contribution in [0.5, 0.6) is 5.75 Å². The van der Waals surface area contributed by atoms with Gasteiger partial charge in [-0.1, -0.05) is 42.7 Å². The van der Waals surface area contributed by atoms with Crippen LogP contribution in [0.15, 0.2) is 47.0 Å². The highest BCUT2D eigenvalue weighted by molar-refractivity contribution is 6.31. The Labute approximate surface area is 181 Å². The number of nitriles is 1. The van der Waals surface area contributed by atoms with Crippen LogP contribution in [-0.4, -0.2) is 36.3 Å². The number of likely N-dealkylation sites (N-methyl/N-ethyl adjacent to an activating group) is 1. The molecule has 29 heavy (non-hydrogen) atoms. The Kier molecular flexibility index (Phi) is 8.53. The van der Waals surface area contributed by atoms with E-state index < -0.39 is 0 Å². The molecule has 0 aliphatic heterocycles. The number of benzene rings is 2. The molecule has 0 saturated carbocycles. The van der Waals surface area contributed by atoms with Crippen molar-refractivity contribution < 1.29 is 9.26 Å². The highest BCUT2D eigenvalue weighted by atomic mass is 35.5. The quantitative estimate of drug-likeness (QED) is 0.428. The van der Waals surface area contributed by atoms with Crippen LogP contribution in [0.1, 0.15) is 25.1 Å². The fraction of sp³-hybridized carbons (Fsp3) is 0.273. The lowest BCUT2D eigenvalue weighted by Crippen LogP contribution is -2.27. The molecule has 1 heterocycles. The van der Waals surface area contributed by atoms with Gasteiger partial charge >= 0.3 is 0 Å². The summed E-state index contributed by atoms with van der Waals surface area (Å²) in [4.78, 5) is 2.30. The summed E-state index contributed by atoms with van der Waals surface area (Å²) >= 11 is 6.08. The molecule has 0 amide bonds. The summed E-state index contributed by atoms with van der Waals surface area (Å²) in [5, 5.41) is 15.0. The van der Waals surface area contributed by atoms with Gasteiger partial charge in [-0.2, -0.15) is 5.26 Å². The first-order valence-electron chi connectivity index (χ1n) is 9.27. The molecular weight excluding hydrogens is 409 g/mol. The number of fused-ring (bicyclic) bond motifs is 1. The van der Waals surface area contributed by atoms with Gasteiger partial charge in [0, 0.05) is 11.6 Å². The van der Waals surface area contributed by atoms with Crippen molar-refractivity contribution in [2.45, 2.75) is 13.8 Å². The summed E-state index contributed by atoms with van der Waals surface area (Å²) < 4.78 is 11.2. The van der Waals surface area contributed by atoms with Gasteiger partial charge in [-0.15, -0.1) is 12.4 Å². The maximum Gasteiger partial charge on any atom is 0.167 e. The molecule has 1 aromatic heterocycles. The molecule has 152 valence electrons. The fourth-order valence-corrected chi connectivity index (χ4v) is 3.12. The number of ether oxygens (including phenoxy) is 1. The van der Waals surface area contributed by atoms with Gasteiger partial charge in [0.05, 0.1) is 11.0 Å². The Morgan fingerprint density at radius 2 is 2.03 bits per heavy atom. The molecule has 0 N–H and O–H groups in total. The lowest BCUT2D eigenvalue weighted by atomic mass is 10.1. The van der Waals surface area contributed by atoms with E-state index in [4.69, 9.17) is 20.9 Å². The molecule has 0 saturated heterocycles. The van der Waals surface area contributed by atoms with Gasteiger partial charge < -0.3 is 14.2 Å². The maximum absolute atomic E-state index is 9.64. The minimum atomic E-state index is 0. The lowest BCUT2D eigenvalue weighted by molar-refractivity contribution is 0.223. The first kappa shape index (κ1) is 22.8. The van der Waals surface area contributed by atoms with E-state index in [1.54, 1.807) is 24.3 Å². The zero-order chi connectivity index (χ0) is 19.9. The van der Waals surface area contributed by atoms with Crippen molar-refractivity contribution >= 4 is 46.6 Å². The van der Waals surface area contributed by atoms with Gasteiger partial charge in [0.15, 0.2) is 5.58 Å². The number of aromatic nitrogens is 1. The van der Waals surface area contributed by atoms with Crippen LogP contribution in [0.2, 0.25) is 5.02 Å². The molecule has 0 unspecified atom stereocenters. The topological polar surface area (TPSA) is 62.3 Å². The van der Waals surface area contributed by atoms with Crippen LogP contribution in [0.4, 0.5) is 0 Å². The Morgan fingerprint density at radius 1 is 1.24 bits per heavy atom. The van der Waals surface area contributed by atoms with E-state index in [1.165, 1.54) is 0 Å². The molecule has 7 heteroatoms. The molecule has 0 bridgehead atoms. The Morgan fingerprint density at radius 3 is 2.76 bits per heavy atom. The van der Waals surface area contributed by atoms with E-state index in [1.807, 2.05) is 24.3 Å². The van der Waals surface area contributed by atoms with Crippen LogP contribution < -0.4 is 4.74 Å². The summed E-state index contributed by atoms with van der Waals surface area (Å²) in [5.41, 5.74) is 2.33. The second-order valence-electron chi connectivity index (χ2n) is 6.29. The summed E-state index contributed by atoms with van der Waals surface area (Å²) in [6.07, 6.45) is 1.77. The minimum Gasteiger partial charge on any atom is -0.492 e. The van der Waals surface area contributed by atoms with Crippen LogP contribution in [0.3, 0.4) is 0 Å². The molecular formula is C22H23Cl2N3O2. The van der Waals surface area contributed by atoms with Crippen LogP contribution in [0, 0.1) is 11.3 Å². The monoisotopic (exact) mass is 431 g/mol. The van der Waals surface area contributed by atoms with Crippen LogP contribution >= 0.6 is 24.0 Å². The van der Waals surface area contributed by atoms with Crippen molar-refractivity contribution in [2.75, 3.05) is 26.2 Å². The molecule has 0 radical (unpaired) electrons. The molecule has 0 aliphatic rings. The first-order chi connectivity index (χ1) is 13.6. The number of rotatable bonds is 8. The van der Waals surface area contributed by atoms with Gasteiger partial charge in [0.25, 0.3) is 0 Å². The number of hydrogen-bond acceptors (Lipinski definition) is 5. The normalized spacial score (nSPS) is 11.3. The largest absolute Gasteiger partial charge is 0.492 e. The van der Waals surface area contributed by atoms with E-state index in [0.29, 0.717) is 33.9 Å². The molecule has 0 spiro atoms. The van der Waals surface area contributed by atoms with Gasteiger partial charge in [-0.05, 0) is 55.1 Å². The lowest BCUT2D eigenvalue weighted by Gasteiger charge is -2.18. The summed E-state index contributed by atoms with van der Waals surface area (Å²) in [7, 11) is 0. The van der Waals surface area contributed by atoms with E-state index in [2.05, 4.69) is 30.0 Å². The third kappa shape index (κ3) is 5.74. The van der Waals surface area contributed by atoms with Gasteiger partial charge in [0.2, 0.25) is 0 Å². The summed E-state index contributed by atoms with van der Waals surface area (Å²) in [6, 6.07) is 15.1. The zero-order valence-corrected chi connectivity index (χ0v) is 18.0. The number of hydrogen-bond donors (Lipinski definition) is 0. The van der Waals surface area contributed by atoms with Crippen molar-refractivity contribution in [2.24, 2.45) is 0 Å². The zero-order valence-electron chi connectivity index (χ0n) is 16.4. The molecule has 3 rings (SSSR count). The Bertz CT molecular complexity index is 1020. The van der Waals surface area contributed by atoms with Crippen molar-refractivity contribution in [3.8, 4) is 11.8 Å². The van der Waals surface area contributed by atoms with Crippen molar-refractivity contribution in [3.63, 3.8) is 0 Å². The average molecular weight is 432 g/mol.